The molecule has 180 valence electrons. The van der Waals surface area contributed by atoms with Crippen molar-refractivity contribution >= 4 is 40.9 Å². The molecule has 0 fully saturated rings. The molecule has 34 heavy (non-hydrogen) atoms. The van der Waals surface area contributed by atoms with Crippen molar-refractivity contribution in [2.24, 2.45) is 13.0 Å². The molecule has 0 saturated heterocycles. The third kappa shape index (κ3) is 6.18. The lowest BCUT2D eigenvalue weighted by Crippen LogP contribution is -2.33. The zero-order chi connectivity index (χ0) is 25.0. The first-order valence-electron chi connectivity index (χ1n) is 11.0. The maximum atomic E-state index is 12.8. The molecule has 7 nitrogen and oxygen atoms in total. The summed E-state index contributed by atoms with van der Waals surface area (Å²) < 4.78 is 1.83. The van der Waals surface area contributed by atoms with E-state index in [0.717, 1.165) is 22.4 Å². The van der Waals surface area contributed by atoms with Gasteiger partial charge in [0.25, 0.3) is 5.91 Å². The summed E-state index contributed by atoms with van der Waals surface area (Å²) in [6.07, 6.45) is 0. The Labute approximate surface area is 209 Å². The number of hydrogen-bond acceptors (Lipinski definition) is 5. The van der Waals surface area contributed by atoms with Gasteiger partial charge in [0.2, 0.25) is 5.91 Å². The van der Waals surface area contributed by atoms with Crippen molar-refractivity contribution in [2.45, 2.75) is 45.8 Å². The third-order valence-corrected chi connectivity index (χ3v) is 6.75. The molecular formula is C25H30ClN5O2S. The Morgan fingerprint density at radius 2 is 1.68 bits per heavy atom. The highest BCUT2D eigenvalue weighted by Gasteiger charge is 2.25. The van der Waals surface area contributed by atoms with Gasteiger partial charge in [-0.15, -0.1) is 10.2 Å². The van der Waals surface area contributed by atoms with Gasteiger partial charge >= 0.3 is 0 Å². The van der Waals surface area contributed by atoms with Crippen LogP contribution in [0, 0.1) is 26.7 Å². The number of carbonyl (C=O) groups excluding carboxylic acids is 2. The van der Waals surface area contributed by atoms with Gasteiger partial charge in [0.15, 0.2) is 11.0 Å². The third-order valence-electron chi connectivity index (χ3n) is 5.48. The lowest BCUT2D eigenvalue weighted by molar-refractivity contribution is -0.113. The molecule has 0 aliphatic rings. The largest absolute Gasteiger partial charge is 0.342 e. The van der Waals surface area contributed by atoms with Crippen molar-refractivity contribution < 1.29 is 9.59 Å². The van der Waals surface area contributed by atoms with Crippen molar-refractivity contribution in [3.8, 4) is 0 Å². The van der Waals surface area contributed by atoms with Crippen LogP contribution in [0.4, 0.5) is 5.69 Å². The fourth-order valence-corrected chi connectivity index (χ4v) is 4.60. The minimum atomic E-state index is -0.346. The number of hydrogen-bond donors (Lipinski definition) is 2. The van der Waals surface area contributed by atoms with Crippen LogP contribution in [0.3, 0.4) is 0 Å². The summed E-state index contributed by atoms with van der Waals surface area (Å²) in [5.74, 6) is 0.581. The summed E-state index contributed by atoms with van der Waals surface area (Å²) in [5.41, 5.74) is 4.60. The maximum absolute atomic E-state index is 12.8. The Kier molecular flexibility index (Phi) is 8.38. The minimum absolute atomic E-state index is 0.0767. The molecule has 0 saturated carbocycles. The zero-order valence-electron chi connectivity index (χ0n) is 20.3. The Morgan fingerprint density at radius 1 is 1.06 bits per heavy atom. The number of nitrogens with zero attached hydrogens (tertiary/aromatic N) is 3. The van der Waals surface area contributed by atoms with Crippen molar-refractivity contribution in [2.75, 3.05) is 11.1 Å². The van der Waals surface area contributed by atoms with E-state index in [1.807, 2.05) is 46.2 Å². The van der Waals surface area contributed by atoms with E-state index in [-0.39, 0.29) is 29.5 Å². The second-order valence-electron chi connectivity index (χ2n) is 8.71. The van der Waals surface area contributed by atoms with Crippen LogP contribution in [-0.4, -0.2) is 32.3 Å². The summed E-state index contributed by atoms with van der Waals surface area (Å²) >= 11 is 7.23. The van der Waals surface area contributed by atoms with Gasteiger partial charge in [-0.3, -0.25) is 9.59 Å². The Balaban J connectivity index is 1.68. The summed E-state index contributed by atoms with van der Waals surface area (Å²) in [5, 5.41) is 15.8. The summed E-state index contributed by atoms with van der Waals surface area (Å²) in [6.45, 7) is 10.0. The van der Waals surface area contributed by atoms with E-state index in [1.165, 1.54) is 11.8 Å². The standard InChI is InChI=1S/C25H30ClN5O2S/c1-14(2)21(28-24(33)18-7-9-19(26)10-8-18)23-29-30-25(31(23)6)34-13-20(32)27-22-16(4)11-15(3)12-17(22)5/h7-12,14,21H,13H2,1-6H3,(H,27,32)(H,28,33)/t21-/m1/s1. The molecule has 0 aliphatic carbocycles. The smallest absolute Gasteiger partial charge is 0.251 e. The molecule has 0 unspecified atom stereocenters. The first-order valence-corrected chi connectivity index (χ1v) is 12.4. The van der Waals surface area contributed by atoms with Gasteiger partial charge in [-0.25, -0.2) is 0 Å². The van der Waals surface area contributed by atoms with Gasteiger partial charge in [-0.1, -0.05) is 54.9 Å². The van der Waals surface area contributed by atoms with Gasteiger partial charge < -0.3 is 15.2 Å². The molecule has 2 amide bonds. The summed E-state index contributed by atoms with van der Waals surface area (Å²) in [6, 6.07) is 10.5. The molecule has 9 heteroatoms. The molecule has 1 heterocycles. The first kappa shape index (κ1) is 25.8. The SMILES string of the molecule is Cc1cc(C)c(NC(=O)CSc2nnc([C@H](NC(=O)c3ccc(Cl)cc3)C(C)C)n2C)c(C)c1. The lowest BCUT2D eigenvalue weighted by atomic mass is 10.0. The zero-order valence-corrected chi connectivity index (χ0v) is 21.8. The molecule has 3 aromatic rings. The Bertz CT molecular complexity index is 1170. The van der Waals surface area contributed by atoms with Crippen LogP contribution in [-0.2, 0) is 11.8 Å². The maximum Gasteiger partial charge on any atom is 0.251 e. The van der Waals surface area contributed by atoms with Crippen molar-refractivity contribution in [3.05, 3.63) is 69.5 Å². The second-order valence-corrected chi connectivity index (χ2v) is 10.1. The molecule has 2 aromatic carbocycles. The second kappa shape index (κ2) is 11.1. The fourth-order valence-electron chi connectivity index (χ4n) is 3.76. The number of halogens is 1. The lowest BCUT2D eigenvalue weighted by Gasteiger charge is -2.21. The highest BCUT2D eigenvalue weighted by Crippen LogP contribution is 2.26. The quantitative estimate of drug-likeness (QED) is 0.413. The Morgan fingerprint density at radius 3 is 2.26 bits per heavy atom. The predicted molar refractivity (Wildman–Crippen MR) is 138 cm³/mol. The van der Waals surface area contributed by atoms with E-state index in [2.05, 4.69) is 33.0 Å². The van der Waals surface area contributed by atoms with Gasteiger partial charge in [-0.2, -0.15) is 0 Å². The molecule has 2 N–H and O–H groups in total. The number of rotatable bonds is 8. The van der Waals surface area contributed by atoms with Gasteiger partial charge in [-0.05, 0) is 62.1 Å². The molecule has 0 aliphatic heterocycles. The predicted octanol–water partition coefficient (Wildman–Crippen LogP) is 5.25. The average Bonchev–Trinajstić information content (AvgIpc) is 3.13. The number of anilines is 1. The van der Waals surface area contributed by atoms with Crippen LogP contribution in [0.2, 0.25) is 5.02 Å². The van der Waals surface area contributed by atoms with E-state index in [4.69, 9.17) is 11.6 Å². The van der Waals surface area contributed by atoms with E-state index >= 15 is 0 Å². The molecule has 0 spiro atoms. The first-order chi connectivity index (χ1) is 16.1. The number of aryl methyl sites for hydroxylation is 3. The van der Waals surface area contributed by atoms with E-state index in [1.54, 1.807) is 24.3 Å². The van der Waals surface area contributed by atoms with Crippen LogP contribution in [0.1, 0.15) is 52.8 Å². The molecule has 1 atom stereocenters. The topological polar surface area (TPSA) is 88.9 Å². The number of amides is 2. The minimum Gasteiger partial charge on any atom is -0.342 e. The van der Waals surface area contributed by atoms with Crippen LogP contribution >= 0.6 is 23.4 Å². The fraction of sp³-hybridized carbons (Fsp3) is 0.360. The van der Waals surface area contributed by atoms with Crippen LogP contribution in [0.15, 0.2) is 41.6 Å². The molecular weight excluding hydrogens is 470 g/mol. The number of aromatic nitrogens is 3. The number of nitrogens with one attached hydrogen (secondary N) is 2. The van der Waals surface area contributed by atoms with Crippen molar-refractivity contribution in [3.63, 3.8) is 0 Å². The number of benzene rings is 2. The Hall–Kier alpha value is -2.84. The molecule has 1 aromatic heterocycles. The molecule has 0 radical (unpaired) electrons. The highest BCUT2D eigenvalue weighted by atomic mass is 35.5. The molecule has 0 bridgehead atoms. The van der Waals surface area contributed by atoms with Crippen molar-refractivity contribution in [1.29, 1.82) is 0 Å². The van der Waals surface area contributed by atoms with E-state index < -0.39 is 0 Å². The van der Waals surface area contributed by atoms with Crippen LogP contribution < -0.4 is 10.6 Å². The average molecular weight is 500 g/mol. The van der Waals surface area contributed by atoms with E-state index in [9.17, 15) is 9.59 Å². The highest BCUT2D eigenvalue weighted by molar-refractivity contribution is 7.99. The monoisotopic (exact) mass is 499 g/mol. The van der Waals surface area contributed by atoms with Gasteiger partial charge in [0, 0.05) is 23.3 Å². The summed E-state index contributed by atoms with van der Waals surface area (Å²) in [7, 11) is 1.84. The number of thioether (sulfide) groups is 1. The normalized spacial score (nSPS) is 12.0. The van der Waals surface area contributed by atoms with Crippen molar-refractivity contribution in [1.82, 2.24) is 20.1 Å². The van der Waals surface area contributed by atoms with E-state index in [0.29, 0.717) is 21.6 Å². The summed E-state index contributed by atoms with van der Waals surface area (Å²) in [4.78, 5) is 25.4. The molecule has 3 rings (SSSR count). The van der Waals surface area contributed by atoms with Gasteiger partial charge in [0.1, 0.15) is 0 Å². The van der Waals surface area contributed by atoms with Gasteiger partial charge in [0.05, 0.1) is 11.8 Å². The number of carbonyl (C=O) groups is 2. The van der Waals surface area contributed by atoms with Crippen LogP contribution in [0.5, 0.6) is 0 Å². The van der Waals surface area contributed by atoms with Crippen LogP contribution in [0.25, 0.3) is 0 Å².